The van der Waals surface area contributed by atoms with Crippen molar-refractivity contribution in [1.29, 1.82) is 0 Å². The van der Waals surface area contributed by atoms with E-state index in [1.54, 1.807) is 6.07 Å². The molecule has 1 fully saturated rings. The summed E-state index contributed by atoms with van der Waals surface area (Å²) in [5.41, 5.74) is 0.788. The highest BCUT2D eigenvalue weighted by atomic mass is 127. The molecule has 1 aromatic carbocycles. The third-order valence-electron chi connectivity index (χ3n) is 3.40. The normalized spacial score (nSPS) is 17.2. The van der Waals surface area contributed by atoms with Crippen molar-refractivity contribution in [2.24, 2.45) is 0 Å². The minimum Gasteiger partial charge on any atom is -0.373 e. The van der Waals surface area contributed by atoms with E-state index >= 15 is 0 Å². The summed E-state index contributed by atoms with van der Waals surface area (Å²) < 4.78 is 13.8. The predicted molar refractivity (Wildman–Crippen MR) is 82.6 cm³/mol. The molecule has 1 aromatic rings. The Morgan fingerprint density at radius 2 is 2.11 bits per heavy atom. The fraction of sp³-hybridized carbons (Fsp3) is 0.500. The summed E-state index contributed by atoms with van der Waals surface area (Å²) in [6, 6.07) is 4.51. The van der Waals surface area contributed by atoms with Crippen molar-refractivity contribution in [3.05, 3.63) is 27.6 Å². The number of carbonyl (C=O) groups is 1. The topological polar surface area (TPSA) is 41.1 Å². The first kappa shape index (κ1) is 14.6. The Bertz CT molecular complexity index is 461. The number of halogens is 2. The highest BCUT2D eigenvalue weighted by Crippen LogP contribution is 2.21. The fourth-order valence-electron chi connectivity index (χ4n) is 2.30. The van der Waals surface area contributed by atoms with E-state index in [1.807, 2.05) is 6.92 Å². The average molecular weight is 376 g/mol. The zero-order valence-corrected chi connectivity index (χ0v) is 13.0. The van der Waals surface area contributed by atoms with Crippen molar-refractivity contribution in [3.8, 4) is 0 Å². The molecule has 2 rings (SSSR count). The Labute approximate surface area is 126 Å². The van der Waals surface area contributed by atoms with E-state index in [0.29, 0.717) is 6.04 Å². The third kappa shape index (κ3) is 4.06. The molecule has 1 amide bonds. The van der Waals surface area contributed by atoms with Crippen molar-refractivity contribution in [2.45, 2.75) is 44.7 Å². The smallest absolute Gasteiger partial charge is 0.242 e. The molecule has 2 N–H and O–H groups in total. The summed E-state index contributed by atoms with van der Waals surface area (Å²) in [7, 11) is 0. The molecule has 0 aliphatic heterocycles. The molecule has 0 aromatic heterocycles. The molecule has 5 heteroatoms. The first-order valence-corrected chi connectivity index (χ1v) is 7.66. The van der Waals surface area contributed by atoms with Crippen molar-refractivity contribution in [2.75, 3.05) is 5.32 Å². The van der Waals surface area contributed by atoms with Gasteiger partial charge in [-0.15, -0.1) is 0 Å². The maximum atomic E-state index is 13.0. The lowest BCUT2D eigenvalue weighted by molar-refractivity contribution is -0.122. The van der Waals surface area contributed by atoms with Crippen LogP contribution >= 0.6 is 22.6 Å². The van der Waals surface area contributed by atoms with E-state index in [0.717, 1.165) is 22.1 Å². The van der Waals surface area contributed by atoms with Gasteiger partial charge in [-0.05, 0) is 60.6 Å². The van der Waals surface area contributed by atoms with Gasteiger partial charge in [-0.25, -0.2) is 4.39 Å². The molecular formula is C14H18FIN2O. The van der Waals surface area contributed by atoms with Gasteiger partial charge in [0.1, 0.15) is 11.9 Å². The largest absolute Gasteiger partial charge is 0.373 e. The fourth-order valence-corrected chi connectivity index (χ4v) is 2.93. The van der Waals surface area contributed by atoms with E-state index in [9.17, 15) is 9.18 Å². The van der Waals surface area contributed by atoms with Gasteiger partial charge in [-0.1, -0.05) is 12.8 Å². The van der Waals surface area contributed by atoms with Crippen LogP contribution in [0.3, 0.4) is 0 Å². The second kappa shape index (κ2) is 6.54. The summed E-state index contributed by atoms with van der Waals surface area (Å²) in [6.45, 7) is 1.82. The van der Waals surface area contributed by atoms with Crippen LogP contribution in [0.15, 0.2) is 18.2 Å². The predicted octanol–water partition coefficient (Wildman–Crippen LogP) is 3.29. The summed E-state index contributed by atoms with van der Waals surface area (Å²) in [6.07, 6.45) is 4.55. The van der Waals surface area contributed by atoms with Gasteiger partial charge in [0.2, 0.25) is 5.91 Å². The highest BCUT2D eigenvalue weighted by molar-refractivity contribution is 14.1. The summed E-state index contributed by atoms with van der Waals surface area (Å²) in [4.78, 5) is 12.0. The molecule has 1 aliphatic rings. The first-order chi connectivity index (χ1) is 9.06. The summed E-state index contributed by atoms with van der Waals surface area (Å²) in [5.74, 6) is -0.259. The molecule has 104 valence electrons. The Morgan fingerprint density at radius 3 is 2.74 bits per heavy atom. The SMILES string of the molecule is CC(Nc1ccc(F)cc1I)C(=O)NC1CCCC1. The number of carbonyl (C=O) groups excluding carboxylic acids is 1. The third-order valence-corrected chi connectivity index (χ3v) is 4.29. The molecule has 1 atom stereocenters. The molecule has 0 saturated heterocycles. The van der Waals surface area contributed by atoms with Gasteiger partial charge in [-0.2, -0.15) is 0 Å². The van der Waals surface area contributed by atoms with Crippen LogP contribution in [-0.4, -0.2) is 18.0 Å². The number of hydrogen-bond donors (Lipinski definition) is 2. The second-order valence-corrected chi connectivity index (χ2v) is 6.14. The molecule has 1 saturated carbocycles. The quantitative estimate of drug-likeness (QED) is 0.792. The van der Waals surface area contributed by atoms with Gasteiger partial charge in [0.25, 0.3) is 0 Å². The maximum Gasteiger partial charge on any atom is 0.242 e. The van der Waals surface area contributed by atoms with Crippen LogP contribution in [0.25, 0.3) is 0 Å². The van der Waals surface area contributed by atoms with Gasteiger partial charge in [0, 0.05) is 15.3 Å². The van der Waals surface area contributed by atoms with Crippen LogP contribution in [0.1, 0.15) is 32.6 Å². The first-order valence-electron chi connectivity index (χ1n) is 6.58. The highest BCUT2D eigenvalue weighted by Gasteiger charge is 2.20. The Balaban J connectivity index is 1.92. The molecule has 0 bridgehead atoms. The van der Waals surface area contributed by atoms with E-state index in [1.165, 1.54) is 25.0 Å². The number of hydrogen-bond acceptors (Lipinski definition) is 2. The molecule has 1 unspecified atom stereocenters. The van der Waals surface area contributed by atoms with Crippen molar-refractivity contribution >= 4 is 34.2 Å². The summed E-state index contributed by atoms with van der Waals surface area (Å²) in [5, 5.41) is 6.18. The lowest BCUT2D eigenvalue weighted by Gasteiger charge is -2.19. The zero-order valence-electron chi connectivity index (χ0n) is 10.9. The minimum atomic E-state index is -0.320. The molecule has 0 spiro atoms. The Hall–Kier alpha value is -0.850. The maximum absolute atomic E-state index is 13.0. The van der Waals surface area contributed by atoms with E-state index < -0.39 is 0 Å². The van der Waals surface area contributed by atoms with E-state index in [4.69, 9.17) is 0 Å². The Morgan fingerprint density at radius 1 is 1.42 bits per heavy atom. The van der Waals surface area contributed by atoms with Gasteiger partial charge >= 0.3 is 0 Å². The molecule has 3 nitrogen and oxygen atoms in total. The average Bonchev–Trinajstić information content (AvgIpc) is 2.85. The minimum absolute atomic E-state index is 0.00650. The number of anilines is 1. The lowest BCUT2D eigenvalue weighted by atomic mass is 10.2. The van der Waals surface area contributed by atoms with Crippen LogP contribution in [0.5, 0.6) is 0 Å². The standard InChI is InChI=1S/C14H18FIN2O/c1-9(14(19)18-11-4-2-3-5-11)17-13-7-6-10(15)8-12(13)16/h6-9,11,17H,2-5H2,1H3,(H,18,19). The van der Waals surface area contributed by atoms with Crippen LogP contribution in [0, 0.1) is 9.39 Å². The number of rotatable bonds is 4. The monoisotopic (exact) mass is 376 g/mol. The van der Waals surface area contributed by atoms with Crippen LogP contribution in [0.2, 0.25) is 0 Å². The second-order valence-electron chi connectivity index (χ2n) is 4.98. The van der Waals surface area contributed by atoms with Crippen molar-refractivity contribution < 1.29 is 9.18 Å². The number of nitrogens with one attached hydrogen (secondary N) is 2. The van der Waals surface area contributed by atoms with Crippen LogP contribution < -0.4 is 10.6 Å². The molecule has 0 heterocycles. The zero-order chi connectivity index (χ0) is 13.8. The van der Waals surface area contributed by atoms with E-state index in [2.05, 4.69) is 33.2 Å². The van der Waals surface area contributed by atoms with Crippen LogP contribution in [-0.2, 0) is 4.79 Å². The van der Waals surface area contributed by atoms with Crippen molar-refractivity contribution in [3.63, 3.8) is 0 Å². The van der Waals surface area contributed by atoms with Crippen molar-refractivity contribution in [1.82, 2.24) is 5.32 Å². The molecular weight excluding hydrogens is 358 g/mol. The molecule has 0 radical (unpaired) electrons. The van der Waals surface area contributed by atoms with Gasteiger partial charge in [0.05, 0.1) is 0 Å². The summed E-state index contributed by atoms with van der Waals surface area (Å²) >= 11 is 2.06. The lowest BCUT2D eigenvalue weighted by Crippen LogP contribution is -2.42. The van der Waals surface area contributed by atoms with Gasteiger partial charge < -0.3 is 10.6 Å². The van der Waals surface area contributed by atoms with E-state index in [-0.39, 0.29) is 17.8 Å². The molecule has 1 aliphatic carbocycles. The van der Waals surface area contributed by atoms with Gasteiger partial charge in [-0.3, -0.25) is 4.79 Å². The number of amides is 1. The van der Waals surface area contributed by atoms with Crippen LogP contribution in [0.4, 0.5) is 10.1 Å². The number of benzene rings is 1. The van der Waals surface area contributed by atoms with Gasteiger partial charge in [0.15, 0.2) is 0 Å². The Kier molecular flexibility index (Phi) is 5.01. The molecule has 19 heavy (non-hydrogen) atoms.